The third-order valence-electron chi connectivity index (χ3n) is 11.0. The second-order valence-corrected chi connectivity index (χ2v) is 15.0. The van der Waals surface area contributed by atoms with Crippen LogP contribution in [0.15, 0.2) is 48.5 Å². The summed E-state index contributed by atoms with van der Waals surface area (Å²) in [6.07, 6.45) is 3.69. The maximum Gasteiger partial charge on any atom is 0.329 e. The molecule has 244 valence electrons. The van der Waals surface area contributed by atoms with Gasteiger partial charge in [-0.15, -0.1) is 0 Å². The van der Waals surface area contributed by atoms with Crippen LogP contribution < -0.4 is 10.1 Å². The van der Waals surface area contributed by atoms with Gasteiger partial charge in [-0.05, 0) is 73.0 Å². The molecule has 1 N–H and O–H groups in total. The number of likely N-dealkylation sites (tertiary alicyclic amines) is 1. The number of carbonyl (C=O) groups excluding carboxylic acids is 2. The summed E-state index contributed by atoms with van der Waals surface area (Å²) in [6.45, 7) is 8.61. The number of esters is 1. The third kappa shape index (κ3) is 5.88. The summed E-state index contributed by atoms with van der Waals surface area (Å²) in [5.41, 5.74) is 3.09. The van der Waals surface area contributed by atoms with Crippen molar-refractivity contribution in [2.24, 2.45) is 23.2 Å². The smallest absolute Gasteiger partial charge is 0.329 e. The summed E-state index contributed by atoms with van der Waals surface area (Å²) in [7, 11) is 1.68. The van der Waals surface area contributed by atoms with E-state index in [1.165, 1.54) is 24.8 Å². The molecule has 1 saturated heterocycles. The van der Waals surface area contributed by atoms with Gasteiger partial charge in [-0.3, -0.25) is 4.79 Å². The van der Waals surface area contributed by atoms with Crippen LogP contribution in [0.1, 0.15) is 95.4 Å². The Balaban J connectivity index is 1.41. The first-order valence-electron chi connectivity index (χ1n) is 16.7. The number of carbonyl (C=O) groups is 2. The zero-order valence-electron chi connectivity index (χ0n) is 27.3. The molecule has 6 nitrogen and oxygen atoms in total. The normalized spacial score (nSPS) is 31.9. The fourth-order valence-electron chi connectivity index (χ4n) is 8.84. The van der Waals surface area contributed by atoms with Gasteiger partial charge in [0.25, 0.3) is 0 Å². The maximum atomic E-state index is 14.7. The van der Waals surface area contributed by atoms with Crippen molar-refractivity contribution in [2.45, 2.75) is 109 Å². The highest BCUT2D eigenvalue weighted by Crippen LogP contribution is 2.65. The Hall–Kier alpha value is -3.00. The highest BCUT2D eigenvalue weighted by atomic mass is 19.3. The van der Waals surface area contributed by atoms with Crippen LogP contribution in [-0.2, 0) is 26.3 Å². The first kappa shape index (κ1) is 32.0. The van der Waals surface area contributed by atoms with Crippen LogP contribution in [0.2, 0.25) is 0 Å². The summed E-state index contributed by atoms with van der Waals surface area (Å²) in [4.78, 5) is 30.1. The quantitative estimate of drug-likeness (QED) is 0.300. The van der Waals surface area contributed by atoms with Crippen molar-refractivity contribution in [2.75, 3.05) is 13.7 Å². The molecule has 0 aromatic heterocycles. The second kappa shape index (κ2) is 12.0. The predicted octanol–water partition coefficient (Wildman–Crippen LogP) is 7.21. The lowest BCUT2D eigenvalue weighted by Crippen LogP contribution is -2.55. The van der Waals surface area contributed by atoms with Gasteiger partial charge in [-0.2, -0.15) is 0 Å². The molecule has 0 spiro atoms. The Bertz CT molecular complexity index is 1390. The second-order valence-electron chi connectivity index (χ2n) is 15.0. The highest BCUT2D eigenvalue weighted by Gasteiger charge is 2.60. The van der Waals surface area contributed by atoms with E-state index in [1.807, 2.05) is 30.3 Å². The number of halogens is 2. The van der Waals surface area contributed by atoms with Gasteiger partial charge in [0, 0.05) is 42.8 Å². The maximum absolute atomic E-state index is 14.7. The van der Waals surface area contributed by atoms with Crippen LogP contribution in [0.5, 0.6) is 5.75 Å². The number of nitrogens with one attached hydrogen (secondary N) is 1. The van der Waals surface area contributed by atoms with Crippen molar-refractivity contribution in [3.05, 3.63) is 65.2 Å². The van der Waals surface area contributed by atoms with Gasteiger partial charge < -0.3 is 19.7 Å². The van der Waals surface area contributed by atoms with Crippen molar-refractivity contribution >= 4 is 11.9 Å². The zero-order valence-corrected chi connectivity index (χ0v) is 27.3. The first-order chi connectivity index (χ1) is 21.4. The van der Waals surface area contributed by atoms with Crippen molar-refractivity contribution in [3.8, 4) is 5.75 Å². The van der Waals surface area contributed by atoms with Crippen LogP contribution >= 0.6 is 0 Å². The minimum Gasteiger partial charge on any atom is -0.496 e. The lowest BCUT2D eigenvalue weighted by molar-refractivity contribution is -0.160. The number of alkyl halides is 2. The number of nitrogens with zero attached hydrogens (tertiary/aromatic N) is 1. The van der Waals surface area contributed by atoms with Gasteiger partial charge in [-0.1, -0.05) is 63.2 Å². The molecule has 4 aliphatic carbocycles. The topological polar surface area (TPSA) is 67.9 Å². The number of ether oxygens (including phenoxy) is 2. The van der Waals surface area contributed by atoms with E-state index in [0.717, 1.165) is 22.8 Å². The highest BCUT2D eigenvalue weighted by molar-refractivity contribution is 5.88. The van der Waals surface area contributed by atoms with Gasteiger partial charge in [0.1, 0.15) is 11.8 Å². The summed E-state index contributed by atoms with van der Waals surface area (Å²) in [5, 5.41) is 3.81. The molecule has 0 radical (unpaired) electrons. The molecule has 1 heterocycles. The lowest BCUT2D eigenvalue weighted by atomic mass is 9.42. The van der Waals surface area contributed by atoms with E-state index in [4.69, 9.17) is 9.47 Å². The van der Waals surface area contributed by atoms with Crippen molar-refractivity contribution in [3.63, 3.8) is 0 Å². The fraction of sp³-hybridized carbons (Fsp3) is 0.622. The van der Waals surface area contributed by atoms with Gasteiger partial charge in [-0.25, -0.2) is 13.6 Å². The fourth-order valence-corrected chi connectivity index (χ4v) is 8.84. The number of hydrogen-bond acceptors (Lipinski definition) is 5. The van der Waals surface area contributed by atoms with Crippen LogP contribution in [0.25, 0.3) is 0 Å². The molecule has 5 atom stereocenters. The number of benzene rings is 2. The zero-order chi connectivity index (χ0) is 32.1. The number of rotatable bonds is 9. The molecule has 0 unspecified atom stereocenters. The van der Waals surface area contributed by atoms with Crippen molar-refractivity contribution < 1.29 is 27.8 Å². The Labute approximate surface area is 266 Å². The molecule has 5 fully saturated rings. The molecule has 7 rings (SSSR count). The molecule has 4 saturated carbocycles. The summed E-state index contributed by atoms with van der Waals surface area (Å²) >= 11 is 0. The molecule has 8 heteroatoms. The number of methoxy groups -OCH3 is 1. The summed E-state index contributed by atoms with van der Waals surface area (Å²) in [5.74, 6) is -3.34. The molecule has 5 aliphatic rings. The molecular weight excluding hydrogens is 574 g/mol. The lowest BCUT2D eigenvalue weighted by Gasteiger charge is -2.62. The molecule has 2 aromatic carbocycles. The molecular formula is C37H48F2N2O4. The Kier molecular flexibility index (Phi) is 8.51. The molecule has 1 amide bonds. The van der Waals surface area contributed by atoms with Gasteiger partial charge in [0.05, 0.1) is 19.8 Å². The van der Waals surface area contributed by atoms with Crippen LogP contribution in [0.4, 0.5) is 8.78 Å². The minimum atomic E-state index is -2.90. The van der Waals surface area contributed by atoms with Gasteiger partial charge in [0.15, 0.2) is 0 Å². The summed E-state index contributed by atoms with van der Waals surface area (Å²) < 4.78 is 40.8. The van der Waals surface area contributed by atoms with Crippen LogP contribution in [0.3, 0.4) is 0 Å². The van der Waals surface area contributed by atoms with E-state index in [2.05, 4.69) is 44.3 Å². The molecule has 45 heavy (non-hydrogen) atoms. The van der Waals surface area contributed by atoms with E-state index >= 15 is 0 Å². The first-order valence-corrected chi connectivity index (χ1v) is 16.7. The molecule has 1 aliphatic heterocycles. The minimum absolute atomic E-state index is 0.163. The average Bonchev–Trinajstić information content (AvgIpc) is 3.30. The largest absolute Gasteiger partial charge is 0.496 e. The number of amides is 1. The third-order valence-corrected chi connectivity index (χ3v) is 11.0. The monoisotopic (exact) mass is 622 g/mol. The van der Waals surface area contributed by atoms with E-state index in [9.17, 15) is 18.4 Å². The SMILES string of the molecule is CCOC(=O)[C@@H]1[C@@H](C(C)(C)C)[C@H](NCc2cc(C34CC(C3)C4)ccc2OC)[C@H](c2ccccc2)N1C(=O)[C@@H]1CCCC(F)(F)C1. The van der Waals surface area contributed by atoms with Gasteiger partial charge >= 0.3 is 5.97 Å². The van der Waals surface area contributed by atoms with E-state index in [0.29, 0.717) is 18.4 Å². The molecule has 2 bridgehead atoms. The van der Waals surface area contributed by atoms with Crippen molar-refractivity contribution in [1.29, 1.82) is 0 Å². The van der Waals surface area contributed by atoms with E-state index in [1.54, 1.807) is 18.9 Å². The average molecular weight is 623 g/mol. The van der Waals surface area contributed by atoms with E-state index < -0.39 is 41.7 Å². The Morgan fingerprint density at radius 3 is 2.33 bits per heavy atom. The van der Waals surface area contributed by atoms with E-state index in [-0.39, 0.29) is 37.3 Å². The van der Waals surface area contributed by atoms with Crippen molar-refractivity contribution in [1.82, 2.24) is 10.2 Å². The van der Waals surface area contributed by atoms with Crippen LogP contribution in [0, 0.1) is 23.2 Å². The summed E-state index contributed by atoms with van der Waals surface area (Å²) in [6, 6.07) is 14.3. The Morgan fingerprint density at radius 1 is 1.04 bits per heavy atom. The number of hydrogen-bond donors (Lipinski definition) is 1. The molecule has 2 aromatic rings. The van der Waals surface area contributed by atoms with Gasteiger partial charge in [0.2, 0.25) is 11.8 Å². The standard InChI is InChI=1S/C37H48F2N2O4/c1-6-45-34(43)32-29(35(2,3)4)30(40-22-26-17-27(14-15-28(26)44-5)36-18-23(19-36)20-36)31(24-11-8-7-9-12-24)41(32)33(42)25-13-10-16-37(38,39)21-25/h7-9,11-12,14-15,17,23,25,29-32,40H,6,10,13,16,18-22H2,1-5H3/t23?,25-,29+,30+,31+,32+,36?/m1/s1. The van der Waals surface area contributed by atoms with Crippen LogP contribution in [-0.4, -0.2) is 48.5 Å². The Morgan fingerprint density at radius 2 is 1.76 bits per heavy atom. The predicted molar refractivity (Wildman–Crippen MR) is 169 cm³/mol.